The van der Waals surface area contributed by atoms with E-state index in [1.165, 1.54) is 6.92 Å². The molecular formula is C18H24N2O5. The van der Waals surface area contributed by atoms with Crippen molar-refractivity contribution >= 4 is 17.8 Å². The molecule has 1 atom stereocenters. The van der Waals surface area contributed by atoms with Crippen molar-refractivity contribution in [2.75, 3.05) is 26.3 Å². The molecule has 0 aliphatic carbocycles. The van der Waals surface area contributed by atoms with E-state index in [0.717, 1.165) is 5.56 Å². The zero-order valence-corrected chi connectivity index (χ0v) is 14.4. The van der Waals surface area contributed by atoms with Crippen LogP contribution in [0.5, 0.6) is 0 Å². The molecule has 2 rings (SSSR count). The Kier molecular flexibility index (Phi) is 6.94. The Morgan fingerprint density at radius 1 is 1.28 bits per heavy atom. The predicted molar refractivity (Wildman–Crippen MR) is 90.7 cm³/mol. The largest absolute Gasteiger partial charge is 0.481 e. The number of nitrogens with zero attached hydrogens (tertiary/aromatic N) is 2. The molecule has 7 heteroatoms. The smallest absolute Gasteiger partial charge is 0.305 e. The molecule has 2 amide bonds. The minimum Gasteiger partial charge on any atom is -0.481 e. The fourth-order valence-electron chi connectivity index (χ4n) is 2.88. The van der Waals surface area contributed by atoms with Crippen molar-refractivity contribution in [3.05, 3.63) is 35.9 Å². The highest BCUT2D eigenvalue weighted by molar-refractivity contribution is 5.79. The topological polar surface area (TPSA) is 87.2 Å². The summed E-state index contributed by atoms with van der Waals surface area (Å²) in [4.78, 5) is 38.5. The molecule has 0 unspecified atom stereocenters. The Bertz CT molecular complexity index is 605. The van der Waals surface area contributed by atoms with E-state index in [9.17, 15) is 14.4 Å². The molecule has 0 bridgehead atoms. The second-order valence-corrected chi connectivity index (χ2v) is 6.09. The number of ether oxygens (including phenoxy) is 1. The average molecular weight is 348 g/mol. The molecule has 1 aromatic carbocycles. The molecule has 1 heterocycles. The van der Waals surface area contributed by atoms with Gasteiger partial charge in [-0.15, -0.1) is 0 Å². The van der Waals surface area contributed by atoms with Crippen LogP contribution in [0.4, 0.5) is 0 Å². The van der Waals surface area contributed by atoms with E-state index in [1.807, 2.05) is 30.3 Å². The van der Waals surface area contributed by atoms with Crippen LogP contribution in [0.1, 0.15) is 25.3 Å². The van der Waals surface area contributed by atoms with E-state index < -0.39 is 12.0 Å². The van der Waals surface area contributed by atoms with Gasteiger partial charge in [-0.25, -0.2) is 0 Å². The van der Waals surface area contributed by atoms with Crippen LogP contribution in [-0.2, 0) is 25.7 Å². The number of rotatable bonds is 7. The first-order chi connectivity index (χ1) is 12.0. The number of carbonyl (C=O) groups is 3. The number of morpholine rings is 1. The van der Waals surface area contributed by atoms with Gasteiger partial charge in [0.15, 0.2) is 0 Å². The van der Waals surface area contributed by atoms with Crippen LogP contribution >= 0.6 is 0 Å². The van der Waals surface area contributed by atoms with Crippen molar-refractivity contribution in [2.45, 2.75) is 32.4 Å². The van der Waals surface area contributed by atoms with Gasteiger partial charge in [0.05, 0.1) is 25.7 Å². The quantitative estimate of drug-likeness (QED) is 0.798. The molecule has 0 radical (unpaired) electrons. The zero-order chi connectivity index (χ0) is 18.2. The number of carboxylic acid groups (broad SMARTS) is 1. The fourth-order valence-corrected chi connectivity index (χ4v) is 2.88. The summed E-state index contributed by atoms with van der Waals surface area (Å²) in [5.41, 5.74) is 1.00. The Morgan fingerprint density at radius 3 is 2.64 bits per heavy atom. The second kappa shape index (κ2) is 9.17. The Morgan fingerprint density at radius 2 is 2.00 bits per heavy atom. The van der Waals surface area contributed by atoms with Gasteiger partial charge in [0.25, 0.3) is 0 Å². The van der Waals surface area contributed by atoms with Gasteiger partial charge in [-0.2, -0.15) is 0 Å². The predicted octanol–water partition coefficient (Wildman–Crippen LogP) is 1.13. The molecule has 1 aliphatic heterocycles. The maximum Gasteiger partial charge on any atom is 0.305 e. The standard InChI is InChI=1S/C18H24N2O5/c1-14(21)19(12-15-5-3-2-4-6-15)8-7-17(22)20-9-10-25-13-16(20)11-18(23)24/h2-6,16H,7-13H2,1H3,(H,23,24)/t16-/m0/s1. The summed E-state index contributed by atoms with van der Waals surface area (Å²) in [6.45, 7) is 3.26. The van der Waals surface area contributed by atoms with E-state index in [1.54, 1.807) is 9.80 Å². The van der Waals surface area contributed by atoms with Crippen LogP contribution in [0.3, 0.4) is 0 Å². The molecular weight excluding hydrogens is 324 g/mol. The lowest BCUT2D eigenvalue weighted by molar-refractivity contribution is -0.146. The summed E-state index contributed by atoms with van der Waals surface area (Å²) in [6, 6.07) is 9.14. The molecule has 136 valence electrons. The van der Waals surface area contributed by atoms with Gasteiger partial charge in [-0.3, -0.25) is 14.4 Å². The van der Waals surface area contributed by atoms with Crippen molar-refractivity contribution < 1.29 is 24.2 Å². The third-order valence-electron chi connectivity index (χ3n) is 4.22. The Hall–Kier alpha value is -2.41. The van der Waals surface area contributed by atoms with E-state index in [-0.39, 0.29) is 31.3 Å². The third-order valence-corrected chi connectivity index (χ3v) is 4.22. The second-order valence-electron chi connectivity index (χ2n) is 6.09. The van der Waals surface area contributed by atoms with Gasteiger partial charge in [-0.1, -0.05) is 30.3 Å². The lowest BCUT2D eigenvalue weighted by Gasteiger charge is -2.35. The van der Waals surface area contributed by atoms with Crippen molar-refractivity contribution in [2.24, 2.45) is 0 Å². The monoisotopic (exact) mass is 348 g/mol. The Balaban J connectivity index is 1.93. The van der Waals surface area contributed by atoms with Gasteiger partial charge in [-0.05, 0) is 5.56 Å². The van der Waals surface area contributed by atoms with Gasteiger partial charge in [0.1, 0.15) is 0 Å². The molecule has 1 saturated heterocycles. The minimum absolute atomic E-state index is 0.0966. The maximum absolute atomic E-state index is 12.5. The molecule has 1 fully saturated rings. The number of carboxylic acids is 1. The lowest BCUT2D eigenvalue weighted by atomic mass is 10.1. The number of amides is 2. The molecule has 7 nitrogen and oxygen atoms in total. The fraction of sp³-hybridized carbons (Fsp3) is 0.500. The van der Waals surface area contributed by atoms with Crippen LogP contribution in [-0.4, -0.2) is 65.0 Å². The highest BCUT2D eigenvalue weighted by Crippen LogP contribution is 2.13. The highest BCUT2D eigenvalue weighted by atomic mass is 16.5. The van der Waals surface area contributed by atoms with E-state index in [0.29, 0.717) is 26.2 Å². The number of aliphatic carboxylic acids is 1. The number of carbonyl (C=O) groups excluding carboxylic acids is 2. The van der Waals surface area contributed by atoms with Crippen LogP contribution in [0, 0.1) is 0 Å². The minimum atomic E-state index is -0.956. The summed E-state index contributed by atoms with van der Waals surface area (Å²) < 4.78 is 5.28. The first-order valence-electron chi connectivity index (χ1n) is 8.36. The first kappa shape index (κ1) is 18.9. The summed E-state index contributed by atoms with van der Waals surface area (Å²) in [6.07, 6.45) is 0.0364. The van der Waals surface area contributed by atoms with E-state index >= 15 is 0 Å². The summed E-state index contributed by atoms with van der Waals surface area (Å²) >= 11 is 0. The molecule has 0 saturated carbocycles. The van der Waals surface area contributed by atoms with E-state index in [4.69, 9.17) is 9.84 Å². The summed E-state index contributed by atoms with van der Waals surface area (Å²) in [7, 11) is 0. The molecule has 25 heavy (non-hydrogen) atoms. The number of hydrogen-bond donors (Lipinski definition) is 1. The van der Waals surface area contributed by atoms with Crippen molar-refractivity contribution in [3.63, 3.8) is 0 Å². The van der Waals surface area contributed by atoms with Gasteiger partial charge < -0.3 is 19.6 Å². The van der Waals surface area contributed by atoms with Gasteiger partial charge in [0, 0.05) is 33.0 Å². The molecule has 1 N–H and O–H groups in total. The van der Waals surface area contributed by atoms with Gasteiger partial charge >= 0.3 is 5.97 Å². The Labute approximate surface area is 147 Å². The normalized spacial score (nSPS) is 17.2. The summed E-state index contributed by atoms with van der Waals surface area (Å²) in [5.74, 6) is -1.20. The zero-order valence-electron chi connectivity index (χ0n) is 14.4. The maximum atomic E-state index is 12.5. The molecule has 1 aromatic rings. The lowest BCUT2D eigenvalue weighted by Crippen LogP contribution is -2.50. The van der Waals surface area contributed by atoms with Crippen molar-refractivity contribution in [1.82, 2.24) is 9.80 Å². The first-order valence-corrected chi connectivity index (χ1v) is 8.36. The molecule has 0 spiro atoms. The van der Waals surface area contributed by atoms with Crippen LogP contribution in [0.25, 0.3) is 0 Å². The average Bonchev–Trinajstić information content (AvgIpc) is 2.59. The molecule has 0 aromatic heterocycles. The SMILES string of the molecule is CC(=O)N(CCC(=O)N1CCOC[C@@H]1CC(=O)O)Cc1ccccc1. The van der Waals surface area contributed by atoms with Gasteiger partial charge in [0.2, 0.25) is 11.8 Å². The van der Waals surface area contributed by atoms with Crippen LogP contribution < -0.4 is 0 Å². The third kappa shape index (κ3) is 5.86. The summed E-state index contributed by atoms with van der Waals surface area (Å²) in [5, 5.41) is 8.97. The van der Waals surface area contributed by atoms with Crippen molar-refractivity contribution in [3.8, 4) is 0 Å². The molecule has 1 aliphatic rings. The number of benzene rings is 1. The van der Waals surface area contributed by atoms with Crippen LogP contribution in [0.15, 0.2) is 30.3 Å². The van der Waals surface area contributed by atoms with Crippen molar-refractivity contribution in [1.29, 1.82) is 0 Å². The van der Waals surface area contributed by atoms with E-state index in [2.05, 4.69) is 0 Å². The highest BCUT2D eigenvalue weighted by Gasteiger charge is 2.29. The number of hydrogen-bond acceptors (Lipinski definition) is 4. The van der Waals surface area contributed by atoms with Crippen LogP contribution in [0.2, 0.25) is 0 Å².